The molecule has 0 fully saturated rings. The fourth-order valence-electron chi connectivity index (χ4n) is 10.0. The van der Waals surface area contributed by atoms with Crippen LogP contribution in [0.1, 0.15) is 0 Å². The minimum Gasteiger partial charge on any atom is -0.309 e. The first kappa shape index (κ1) is 30.7. The van der Waals surface area contributed by atoms with Gasteiger partial charge in [0.2, 0.25) is 0 Å². The zero-order chi connectivity index (χ0) is 37.2. The Morgan fingerprint density at radius 3 is 1.21 bits per heavy atom. The zero-order valence-electron chi connectivity index (χ0n) is 30.9. The SMILES string of the molecule is c1ccc(-n2c3ccccc3c3cc(-n4c5cc6c7ccccc7c7ccccc7c6cc5c5ccc6c7ccccc7n(-c7ccccc7)c6c54)ccc32)cc1. The topological polar surface area (TPSA) is 14.8 Å². The van der Waals surface area contributed by atoms with Gasteiger partial charge in [0.25, 0.3) is 0 Å². The molecule has 264 valence electrons. The third-order valence-electron chi connectivity index (χ3n) is 12.4. The van der Waals surface area contributed by atoms with Crippen LogP contribution in [0.15, 0.2) is 200 Å². The summed E-state index contributed by atoms with van der Waals surface area (Å²) < 4.78 is 7.44. The quantitative estimate of drug-likeness (QED) is 0.161. The molecule has 0 saturated heterocycles. The van der Waals surface area contributed by atoms with E-state index in [1.165, 1.54) is 97.7 Å². The van der Waals surface area contributed by atoms with Crippen molar-refractivity contribution in [3.8, 4) is 17.1 Å². The highest BCUT2D eigenvalue weighted by molar-refractivity contribution is 6.31. The van der Waals surface area contributed by atoms with E-state index < -0.39 is 0 Å². The van der Waals surface area contributed by atoms with Gasteiger partial charge >= 0.3 is 0 Å². The fourth-order valence-corrected chi connectivity index (χ4v) is 10.0. The normalized spacial score (nSPS) is 12.2. The van der Waals surface area contributed by atoms with Gasteiger partial charge in [-0.3, -0.25) is 0 Å². The van der Waals surface area contributed by atoms with Crippen LogP contribution in [0.25, 0.3) is 115 Å². The van der Waals surface area contributed by atoms with Gasteiger partial charge in [0.1, 0.15) is 0 Å². The maximum absolute atomic E-state index is 2.56. The van der Waals surface area contributed by atoms with Gasteiger partial charge in [-0.1, -0.05) is 133 Å². The summed E-state index contributed by atoms with van der Waals surface area (Å²) in [6, 6.07) is 73.8. The first-order valence-electron chi connectivity index (χ1n) is 19.7. The number of hydrogen-bond donors (Lipinski definition) is 0. The summed E-state index contributed by atoms with van der Waals surface area (Å²) in [7, 11) is 0. The Bertz CT molecular complexity index is 3790. The Hall–Kier alpha value is -7.62. The maximum Gasteiger partial charge on any atom is 0.0788 e. The van der Waals surface area contributed by atoms with Crippen LogP contribution in [-0.4, -0.2) is 13.7 Å². The molecule has 3 heterocycles. The van der Waals surface area contributed by atoms with Crippen LogP contribution in [0, 0.1) is 0 Å². The van der Waals surface area contributed by atoms with Crippen molar-refractivity contribution in [1.82, 2.24) is 13.7 Å². The van der Waals surface area contributed by atoms with Crippen molar-refractivity contribution in [2.75, 3.05) is 0 Å². The maximum atomic E-state index is 2.56. The van der Waals surface area contributed by atoms with E-state index in [1.807, 2.05) is 0 Å². The fraction of sp³-hybridized carbons (Fsp3) is 0. The van der Waals surface area contributed by atoms with Crippen LogP contribution in [0.3, 0.4) is 0 Å². The van der Waals surface area contributed by atoms with E-state index in [4.69, 9.17) is 0 Å². The highest BCUT2D eigenvalue weighted by Crippen LogP contribution is 2.45. The third-order valence-corrected chi connectivity index (χ3v) is 12.4. The molecule has 0 radical (unpaired) electrons. The van der Waals surface area contributed by atoms with Gasteiger partial charge in [0.15, 0.2) is 0 Å². The van der Waals surface area contributed by atoms with Crippen LogP contribution < -0.4 is 0 Å². The van der Waals surface area contributed by atoms with E-state index in [9.17, 15) is 0 Å². The molecule has 0 atom stereocenters. The molecule has 3 nitrogen and oxygen atoms in total. The Kier molecular flexibility index (Phi) is 6.16. The first-order valence-corrected chi connectivity index (χ1v) is 19.7. The lowest BCUT2D eigenvalue weighted by Crippen LogP contribution is -1.99. The van der Waals surface area contributed by atoms with Crippen molar-refractivity contribution in [3.63, 3.8) is 0 Å². The van der Waals surface area contributed by atoms with E-state index in [0.717, 1.165) is 17.1 Å². The number of fused-ring (bicyclic) bond motifs is 16. The highest BCUT2D eigenvalue weighted by Gasteiger charge is 2.23. The summed E-state index contributed by atoms with van der Waals surface area (Å²) in [6.07, 6.45) is 0. The largest absolute Gasteiger partial charge is 0.309 e. The molecule has 0 bridgehead atoms. The molecule has 0 N–H and O–H groups in total. The third kappa shape index (κ3) is 4.15. The minimum absolute atomic E-state index is 1.14. The second-order valence-electron chi connectivity index (χ2n) is 15.3. The number of aromatic nitrogens is 3. The average Bonchev–Trinajstić information content (AvgIpc) is 3.92. The summed E-state index contributed by atoms with van der Waals surface area (Å²) in [5.74, 6) is 0. The van der Waals surface area contributed by atoms with E-state index in [2.05, 4.69) is 214 Å². The van der Waals surface area contributed by atoms with Crippen LogP contribution in [0.5, 0.6) is 0 Å². The van der Waals surface area contributed by atoms with Crippen molar-refractivity contribution in [2.24, 2.45) is 0 Å². The molecule has 0 spiro atoms. The van der Waals surface area contributed by atoms with Gasteiger partial charge in [-0.05, 0) is 99.0 Å². The number of para-hydroxylation sites is 4. The second kappa shape index (κ2) is 11.5. The summed E-state index contributed by atoms with van der Waals surface area (Å²) in [6.45, 7) is 0. The lowest BCUT2D eigenvalue weighted by Gasteiger charge is -2.14. The molecule has 0 aliphatic rings. The van der Waals surface area contributed by atoms with Crippen LogP contribution >= 0.6 is 0 Å². The standard InChI is InChI=1S/C54H33N3/c1-3-15-34(16-4-1)55-49-25-13-12-24-42(49)47-31-36(27-30-51(47)55)57-52-33-46-40-22-10-8-20-38(40)37-19-7-9-21-39(37)45(46)32-48(52)44-29-28-43-41-23-11-14-26-50(41)56(53(43)54(44)57)35-17-5-2-6-18-35/h1-33H. The molecule has 0 amide bonds. The first-order chi connectivity index (χ1) is 28.3. The number of nitrogens with zero attached hydrogens (tertiary/aromatic N) is 3. The summed E-state index contributed by atoms with van der Waals surface area (Å²) in [4.78, 5) is 0. The van der Waals surface area contributed by atoms with Gasteiger partial charge in [-0.15, -0.1) is 0 Å². The number of rotatable bonds is 3. The molecule has 57 heavy (non-hydrogen) atoms. The van der Waals surface area contributed by atoms with Crippen molar-refractivity contribution >= 4 is 97.7 Å². The molecule has 10 aromatic carbocycles. The lowest BCUT2D eigenvalue weighted by atomic mass is 9.93. The Balaban J connectivity index is 1.25. The molecule has 0 unspecified atom stereocenters. The van der Waals surface area contributed by atoms with Crippen molar-refractivity contribution in [3.05, 3.63) is 200 Å². The van der Waals surface area contributed by atoms with Crippen molar-refractivity contribution < 1.29 is 0 Å². The van der Waals surface area contributed by atoms with E-state index in [1.54, 1.807) is 0 Å². The minimum atomic E-state index is 1.14. The predicted octanol–water partition coefficient (Wildman–Crippen LogP) is 14.4. The molecule has 13 rings (SSSR count). The van der Waals surface area contributed by atoms with Crippen LogP contribution in [0.4, 0.5) is 0 Å². The number of hydrogen-bond acceptors (Lipinski definition) is 0. The Labute approximate surface area is 327 Å². The molecule has 0 saturated carbocycles. The molecule has 3 heteroatoms. The Morgan fingerprint density at radius 2 is 0.596 bits per heavy atom. The van der Waals surface area contributed by atoms with Gasteiger partial charge in [-0.2, -0.15) is 0 Å². The average molecular weight is 724 g/mol. The van der Waals surface area contributed by atoms with Crippen LogP contribution in [0.2, 0.25) is 0 Å². The molecule has 3 aromatic heterocycles. The van der Waals surface area contributed by atoms with E-state index in [0.29, 0.717) is 0 Å². The monoisotopic (exact) mass is 723 g/mol. The summed E-state index contributed by atoms with van der Waals surface area (Å²) >= 11 is 0. The van der Waals surface area contributed by atoms with Gasteiger partial charge in [-0.25, -0.2) is 0 Å². The Morgan fingerprint density at radius 1 is 0.193 bits per heavy atom. The van der Waals surface area contributed by atoms with Gasteiger partial charge in [0, 0.05) is 49.4 Å². The molecule has 0 aliphatic carbocycles. The lowest BCUT2D eigenvalue weighted by molar-refractivity contribution is 1.15. The molecular weight excluding hydrogens is 691 g/mol. The van der Waals surface area contributed by atoms with E-state index in [-0.39, 0.29) is 0 Å². The second-order valence-corrected chi connectivity index (χ2v) is 15.3. The highest BCUT2D eigenvalue weighted by atomic mass is 15.0. The van der Waals surface area contributed by atoms with Crippen molar-refractivity contribution in [1.29, 1.82) is 0 Å². The van der Waals surface area contributed by atoms with E-state index >= 15 is 0 Å². The summed E-state index contributed by atoms with van der Waals surface area (Å²) in [5.41, 5.74) is 10.7. The molecule has 0 aliphatic heterocycles. The summed E-state index contributed by atoms with van der Waals surface area (Å²) in [5, 5.41) is 15.1. The zero-order valence-corrected chi connectivity index (χ0v) is 30.9. The predicted molar refractivity (Wildman–Crippen MR) is 242 cm³/mol. The molecule has 13 aromatic rings. The van der Waals surface area contributed by atoms with Crippen LogP contribution in [-0.2, 0) is 0 Å². The smallest absolute Gasteiger partial charge is 0.0788 e. The van der Waals surface area contributed by atoms with Crippen molar-refractivity contribution in [2.45, 2.75) is 0 Å². The van der Waals surface area contributed by atoms with Gasteiger partial charge < -0.3 is 13.7 Å². The molecular formula is C54H33N3. The van der Waals surface area contributed by atoms with Gasteiger partial charge in [0.05, 0.1) is 33.1 Å². The number of benzene rings is 10.